The maximum absolute atomic E-state index is 11.4. The Hall–Kier alpha value is -2.06. The molecule has 0 aliphatic heterocycles. The van der Waals surface area contributed by atoms with Crippen molar-refractivity contribution in [3.63, 3.8) is 0 Å². The maximum Gasteiger partial charge on any atom is 0.242 e. The quantitative estimate of drug-likeness (QED) is 0.460. The van der Waals surface area contributed by atoms with Gasteiger partial charge in [-0.1, -0.05) is 0 Å². The minimum atomic E-state index is -0.706. The van der Waals surface area contributed by atoms with Gasteiger partial charge in [0.2, 0.25) is 5.91 Å². The van der Waals surface area contributed by atoms with E-state index in [0.29, 0.717) is 11.3 Å². The van der Waals surface area contributed by atoms with E-state index in [9.17, 15) is 4.79 Å². The van der Waals surface area contributed by atoms with Crippen LogP contribution in [0.3, 0.4) is 0 Å². The molecule has 0 heterocycles. The highest BCUT2D eigenvalue weighted by Gasteiger charge is 2.27. The molecule has 17 heavy (non-hydrogen) atoms. The fraction of sp³-hybridized carbons (Fsp3) is 0.333. The molecule has 0 bridgehead atoms. The number of ether oxygens (including phenoxy) is 1. The molecule has 0 saturated carbocycles. The van der Waals surface area contributed by atoms with Crippen LogP contribution in [0.4, 0.5) is 0 Å². The lowest BCUT2D eigenvalue weighted by Crippen LogP contribution is -2.44. The molecule has 0 atom stereocenters. The Bertz CT molecular complexity index is 432. The summed E-state index contributed by atoms with van der Waals surface area (Å²) in [5.41, 5.74) is 1.96. The summed E-state index contributed by atoms with van der Waals surface area (Å²) in [6, 6.07) is 8.71. The summed E-state index contributed by atoms with van der Waals surface area (Å²) in [6.07, 6.45) is 0. The lowest BCUT2D eigenvalue weighted by Gasteiger charge is -2.22. The Kier molecular flexibility index (Phi) is 4.07. The summed E-state index contributed by atoms with van der Waals surface area (Å²) in [5, 5.41) is 8.63. The third kappa shape index (κ3) is 3.47. The van der Waals surface area contributed by atoms with E-state index in [1.165, 1.54) is 0 Å². The number of hydrogen-bond acceptors (Lipinski definition) is 4. The number of rotatable bonds is 4. The summed E-state index contributed by atoms with van der Waals surface area (Å²) in [7, 11) is 0. The second-order valence-electron chi connectivity index (χ2n) is 4.28. The first kappa shape index (κ1) is 13.0. The first-order chi connectivity index (χ1) is 7.99. The van der Waals surface area contributed by atoms with Crippen molar-refractivity contribution < 1.29 is 9.53 Å². The van der Waals surface area contributed by atoms with Crippen molar-refractivity contribution in [2.24, 2.45) is 11.3 Å². The lowest BCUT2D eigenvalue weighted by molar-refractivity contribution is -0.130. The molecule has 1 aromatic carbocycles. The fourth-order valence-corrected chi connectivity index (χ4v) is 1.15. The van der Waals surface area contributed by atoms with Crippen LogP contribution < -0.4 is 16.0 Å². The van der Waals surface area contributed by atoms with Gasteiger partial charge in [0.15, 0.2) is 0 Å². The van der Waals surface area contributed by atoms with Gasteiger partial charge in [0.1, 0.15) is 12.4 Å². The van der Waals surface area contributed by atoms with Crippen LogP contribution in [0.5, 0.6) is 5.75 Å². The van der Waals surface area contributed by atoms with Crippen LogP contribution in [0, 0.1) is 16.7 Å². The van der Waals surface area contributed by atoms with Gasteiger partial charge in [0.05, 0.1) is 17.0 Å². The Morgan fingerprint density at radius 1 is 1.47 bits per heavy atom. The predicted octanol–water partition coefficient (Wildman–Crippen LogP) is 0.953. The van der Waals surface area contributed by atoms with Gasteiger partial charge in [0.25, 0.3) is 0 Å². The van der Waals surface area contributed by atoms with Gasteiger partial charge in [-0.05, 0) is 38.1 Å². The van der Waals surface area contributed by atoms with Crippen LogP contribution in [0.1, 0.15) is 19.4 Å². The minimum Gasteiger partial charge on any atom is -0.492 e. The van der Waals surface area contributed by atoms with E-state index in [1.54, 1.807) is 38.1 Å². The van der Waals surface area contributed by atoms with Crippen LogP contribution in [-0.4, -0.2) is 12.5 Å². The smallest absolute Gasteiger partial charge is 0.242 e. The molecule has 1 rings (SSSR count). The molecule has 3 N–H and O–H groups in total. The highest BCUT2D eigenvalue weighted by Crippen LogP contribution is 2.19. The molecule has 0 radical (unpaired) electrons. The van der Waals surface area contributed by atoms with E-state index in [-0.39, 0.29) is 12.5 Å². The van der Waals surface area contributed by atoms with Gasteiger partial charge in [-0.15, -0.1) is 0 Å². The zero-order valence-corrected chi connectivity index (χ0v) is 9.86. The average molecular weight is 233 g/mol. The third-order valence-electron chi connectivity index (χ3n) is 2.33. The fourth-order valence-electron chi connectivity index (χ4n) is 1.15. The summed E-state index contributed by atoms with van der Waals surface area (Å²) < 4.78 is 5.47. The van der Waals surface area contributed by atoms with Crippen LogP contribution >= 0.6 is 0 Å². The Labute approximate surface area is 100 Å². The van der Waals surface area contributed by atoms with Gasteiger partial charge in [-0.3, -0.25) is 10.2 Å². The molecule has 0 spiro atoms. The molecule has 0 saturated heterocycles. The number of hydrazine groups is 1. The van der Waals surface area contributed by atoms with E-state index in [4.69, 9.17) is 15.8 Å². The number of benzene rings is 1. The molecular formula is C12H15N3O2. The summed E-state index contributed by atoms with van der Waals surface area (Å²) in [5.74, 6) is 5.40. The molecular weight excluding hydrogens is 218 g/mol. The number of carbonyl (C=O) groups is 1. The second kappa shape index (κ2) is 5.32. The van der Waals surface area contributed by atoms with E-state index in [0.717, 1.165) is 0 Å². The van der Waals surface area contributed by atoms with Crippen LogP contribution in [0.25, 0.3) is 0 Å². The van der Waals surface area contributed by atoms with E-state index in [1.807, 2.05) is 6.07 Å². The average Bonchev–Trinajstić information content (AvgIpc) is 2.36. The summed E-state index contributed by atoms with van der Waals surface area (Å²) in [6.45, 7) is 3.68. The van der Waals surface area contributed by atoms with Crippen LogP contribution in [0.2, 0.25) is 0 Å². The highest BCUT2D eigenvalue weighted by atomic mass is 16.5. The Balaban J connectivity index is 2.61. The largest absolute Gasteiger partial charge is 0.492 e. The number of nitrogens with zero attached hydrogens (tertiary/aromatic N) is 1. The van der Waals surface area contributed by atoms with Crippen molar-refractivity contribution in [1.29, 1.82) is 5.26 Å². The number of hydrogen-bond donors (Lipinski definition) is 2. The van der Waals surface area contributed by atoms with Gasteiger partial charge in [-0.25, -0.2) is 5.84 Å². The number of nitriles is 1. The first-order valence-electron chi connectivity index (χ1n) is 5.13. The van der Waals surface area contributed by atoms with E-state index >= 15 is 0 Å². The molecule has 5 heteroatoms. The van der Waals surface area contributed by atoms with Gasteiger partial charge in [-0.2, -0.15) is 5.26 Å². The van der Waals surface area contributed by atoms with Crippen molar-refractivity contribution in [3.05, 3.63) is 29.8 Å². The predicted molar refractivity (Wildman–Crippen MR) is 62.8 cm³/mol. The zero-order chi connectivity index (χ0) is 12.9. The van der Waals surface area contributed by atoms with Gasteiger partial charge < -0.3 is 4.74 Å². The number of amides is 1. The Morgan fingerprint density at radius 3 is 2.53 bits per heavy atom. The topological polar surface area (TPSA) is 88.1 Å². The normalized spacial score (nSPS) is 10.5. The molecule has 0 aromatic heterocycles. The molecule has 0 unspecified atom stereocenters. The molecule has 5 nitrogen and oxygen atoms in total. The zero-order valence-electron chi connectivity index (χ0n) is 9.86. The molecule has 0 fully saturated rings. The third-order valence-corrected chi connectivity index (χ3v) is 2.33. The molecule has 1 amide bonds. The molecule has 0 aliphatic rings. The standard InChI is InChI=1S/C12H15N3O2/c1-12(2,11(16)15-14)8-17-10-5-3-9(7-13)4-6-10/h3-6H,8,14H2,1-2H3,(H,15,16). The van der Waals surface area contributed by atoms with E-state index < -0.39 is 5.41 Å². The van der Waals surface area contributed by atoms with Crippen molar-refractivity contribution >= 4 is 5.91 Å². The van der Waals surface area contributed by atoms with Crippen molar-refractivity contribution in [2.75, 3.05) is 6.61 Å². The van der Waals surface area contributed by atoms with Crippen LogP contribution in [0.15, 0.2) is 24.3 Å². The highest BCUT2D eigenvalue weighted by molar-refractivity contribution is 5.81. The molecule has 90 valence electrons. The van der Waals surface area contributed by atoms with Crippen molar-refractivity contribution in [2.45, 2.75) is 13.8 Å². The van der Waals surface area contributed by atoms with E-state index in [2.05, 4.69) is 5.43 Å². The number of nitrogens with one attached hydrogen (secondary N) is 1. The molecule has 1 aromatic rings. The van der Waals surface area contributed by atoms with Gasteiger partial charge in [0, 0.05) is 0 Å². The van der Waals surface area contributed by atoms with Crippen LogP contribution in [-0.2, 0) is 4.79 Å². The second-order valence-corrected chi connectivity index (χ2v) is 4.28. The summed E-state index contributed by atoms with van der Waals surface area (Å²) >= 11 is 0. The van der Waals surface area contributed by atoms with Crippen molar-refractivity contribution in [1.82, 2.24) is 5.43 Å². The SMILES string of the molecule is CC(C)(COc1ccc(C#N)cc1)C(=O)NN. The van der Waals surface area contributed by atoms with Gasteiger partial charge >= 0.3 is 0 Å². The van der Waals surface area contributed by atoms with Crippen molar-refractivity contribution in [3.8, 4) is 11.8 Å². The Morgan fingerprint density at radius 2 is 2.06 bits per heavy atom. The monoisotopic (exact) mass is 233 g/mol. The summed E-state index contributed by atoms with van der Waals surface area (Å²) in [4.78, 5) is 11.4. The first-order valence-corrected chi connectivity index (χ1v) is 5.13. The maximum atomic E-state index is 11.4. The lowest BCUT2D eigenvalue weighted by atomic mass is 9.94. The number of carbonyl (C=O) groups excluding carboxylic acids is 1. The number of nitrogens with two attached hydrogens (primary N) is 1. The minimum absolute atomic E-state index is 0.210. The molecule has 0 aliphatic carbocycles.